The molecule has 0 saturated carbocycles. The summed E-state index contributed by atoms with van der Waals surface area (Å²) in [5, 5.41) is 11.2. The van der Waals surface area contributed by atoms with Crippen molar-refractivity contribution in [3.05, 3.63) is 112 Å². The molecule has 6 heteroatoms. The van der Waals surface area contributed by atoms with Crippen LogP contribution in [0.2, 0.25) is 0 Å². The van der Waals surface area contributed by atoms with E-state index >= 15 is 0 Å². The van der Waals surface area contributed by atoms with Gasteiger partial charge in [-0.2, -0.15) is 4.99 Å². The standard InChI is InChI=1S/C27H21N3O2S/c1-18-6-5-7-20(14-18)16-32-22-12-10-19(11-13-22)15-23-25(28)30-24(21-8-3-2-4-9-21)17-33-27(30)29-26(23)31/h2-15,17,28H,16H2,1H3/b23-15-,28-25?. The number of hydrogen-bond acceptors (Lipinski definition) is 4. The number of nitrogens with one attached hydrogen (secondary N) is 1. The van der Waals surface area contributed by atoms with Crippen molar-refractivity contribution in [3.8, 4) is 5.75 Å². The lowest BCUT2D eigenvalue weighted by Crippen LogP contribution is -2.37. The number of carbonyl (C=O) groups excluding carboxylic acids is 1. The van der Waals surface area contributed by atoms with Gasteiger partial charge in [-0.3, -0.25) is 15.1 Å². The number of amides is 1. The van der Waals surface area contributed by atoms with Crippen molar-refractivity contribution in [2.24, 2.45) is 4.99 Å². The summed E-state index contributed by atoms with van der Waals surface area (Å²) in [6.45, 7) is 2.55. The van der Waals surface area contributed by atoms with Crippen LogP contribution in [0, 0.1) is 12.3 Å². The number of rotatable bonds is 5. The van der Waals surface area contributed by atoms with Crippen LogP contribution in [0.3, 0.4) is 0 Å². The summed E-state index contributed by atoms with van der Waals surface area (Å²) in [7, 11) is 0. The fourth-order valence-corrected chi connectivity index (χ4v) is 4.60. The number of ether oxygens (including phenoxy) is 1. The molecule has 2 heterocycles. The number of aliphatic imine (C=N–C) groups is 1. The Balaban J connectivity index is 1.34. The second-order valence-electron chi connectivity index (χ2n) is 7.78. The molecule has 1 N–H and O–H groups in total. The van der Waals surface area contributed by atoms with Crippen LogP contribution in [0.4, 0.5) is 0 Å². The molecule has 33 heavy (non-hydrogen) atoms. The first-order valence-electron chi connectivity index (χ1n) is 10.5. The zero-order valence-corrected chi connectivity index (χ0v) is 18.8. The normalized spacial score (nSPS) is 16.5. The minimum atomic E-state index is -0.402. The number of carbonyl (C=O) groups is 1. The molecule has 3 aromatic carbocycles. The highest BCUT2D eigenvalue weighted by Gasteiger charge is 2.36. The summed E-state index contributed by atoms with van der Waals surface area (Å²) in [5.74, 6) is 0.473. The number of nitrogens with zero attached hydrogens (tertiary/aromatic N) is 2. The van der Waals surface area contributed by atoms with Crippen molar-refractivity contribution in [3.63, 3.8) is 0 Å². The largest absolute Gasteiger partial charge is 0.489 e. The van der Waals surface area contributed by atoms with E-state index in [9.17, 15) is 4.79 Å². The van der Waals surface area contributed by atoms with Crippen LogP contribution in [0.25, 0.3) is 11.8 Å². The van der Waals surface area contributed by atoms with E-state index < -0.39 is 5.91 Å². The number of aryl methyl sites for hydroxylation is 1. The molecule has 162 valence electrons. The predicted octanol–water partition coefficient (Wildman–Crippen LogP) is 5.88. The zero-order valence-electron chi connectivity index (χ0n) is 18.0. The molecule has 1 amide bonds. The Morgan fingerprint density at radius 2 is 1.82 bits per heavy atom. The van der Waals surface area contributed by atoms with Crippen molar-refractivity contribution in [1.82, 2.24) is 4.90 Å². The first-order chi connectivity index (χ1) is 16.1. The van der Waals surface area contributed by atoms with Gasteiger partial charge in [-0.25, -0.2) is 0 Å². The van der Waals surface area contributed by atoms with Gasteiger partial charge in [0.15, 0.2) is 5.17 Å². The van der Waals surface area contributed by atoms with E-state index in [-0.39, 0.29) is 11.4 Å². The van der Waals surface area contributed by atoms with Crippen LogP contribution in [0.1, 0.15) is 22.3 Å². The van der Waals surface area contributed by atoms with E-state index in [1.165, 1.54) is 17.3 Å². The maximum absolute atomic E-state index is 12.7. The molecule has 0 fully saturated rings. The summed E-state index contributed by atoms with van der Waals surface area (Å²) in [6, 6.07) is 25.5. The minimum absolute atomic E-state index is 0.130. The van der Waals surface area contributed by atoms with E-state index in [2.05, 4.69) is 24.0 Å². The highest BCUT2D eigenvalue weighted by atomic mass is 32.2. The lowest BCUT2D eigenvalue weighted by molar-refractivity contribution is -0.114. The molecule has 0 aliphatic carbocycles. The van der Waals surface area contributed by atoms with Crippen molar-refractivity contribution >= 4 is 40.4 Å². The molecule has 2 aliphatic rings. The highest BCUT2D eigenvalue weighted by molar-refractivity contribution is 8.17. The van der Waals surface area contributed by atoms with Crippen molar-refractivity contribution in [2.45, 2.75) is 13.5 Å². The average molecular weight is 452 g/mol. The molecular weight excluding hydrogens is 430 g/mol. The quantitative estimate of drug-likeness (QED) is 0.492. The van der Waals surface area contributed by atoms with Gasteiger partial charge in [-0.05, 0) is 41.8 Å². The molecule has 5 rings (SSSR count). The average Bonchev–Trinajstić information content (AvgIpc) is 3.26. The number of amidine groups is 2. The Kier molecular flexibility index (Phi) is 5.67. The number of benzene rings is 3. The molecule has 0 aromatic heterocycles. The van der Waals surface area contributed by atoms with Crippen molar-refractivity contribution in [2.75, 3.05) is 0 Å². The van der Waals surface area contributed by atoms with Gasteiger partial charge in [-0.15, -0.1) is 0 Å². The van der Waals surface area contributed by atoms with E-state index in [1.807, 2.05) is 72.1 Å². The fourth-order valence-electron chi connectivity index (χ4n) is 3.71. The molecule has 0 saturated heterocycles. The van der Waals surface area contributed by atoms with Crippen LogP contribution in [-0.2, 0) is 11.4 Å². The van der Waals surface area contributed by atoms with Gasteiger partial charge in [0.25, 0.3) is 5.91 Å². The Hall–Kier alpha value is -3.90. The molecule has 0 spiro atoms. The number of thioether (sulfide) groups is 1. The van der Waals surface area contributed by atoms with Crippen LogP contribution in [0.15, 0.2) is 94.8 Å². The first-order valence-corrected chi connectivity index (χ1v) is 11.4. The van der Waals surface area contributed by atoms with Gasteiger partial charge in [0.1, 0.15) is 18.2 Å². The topological polar surface area (TPSA) is 65.8 Å². The molecule has 0 radical (unpaired) electrons. The third-order valence-electron chi connectivity index (χ3n) is 5.36. The SMILES string of the molecule is Cc1cccc(COc2ccc(/C=C3/C(=N)N4C(c5ccccc5)=CSC4=NC3=O)cc2)c1. The van der Waals surface area contributed by atoms with Crippen LogP contribution < -0.4 is 4.74 Å². The van der Waals surface area contributed by atoms with Gasteiger partial charge in [0.05, 0.1) is 11.3 Å². The van der Waals surface area contributed by atoms with E-state index in [4.69, 9.17) is 10.1 Å². The van der Waals surface area contributed by atoms with Crippen LogP contribution >= 0.6 is 11.8 Å². The Labute approximate surface area is 196 Å². The highest BCUT2D eigenvalue weighted by Crippen LogP contribution is 2.37. The molecule has 0 unspecified atom stereocenters. The number of hydrogen-bond donors (Lipinski definition) is 1. The van der Waals surface area contributed by atoms with Crippen molar-refractivity contribution in [1.29, 1.82) is 5.41 Å². The molecule has 0 atom stereocenters. The summed E-state index contributed by atoms with van der Waals surface area (Å²) in [5.41, 5.74) is 5.21. The summed E-state index contributed by atoms with van der Waals surface area (Å²) < 4.78 is 5.88. The Morgan fingerprint density at radius 1 is 1.03 bits per heavy atom. The second-order valence-corrected chi connectivity index (χ2v) is 8.61. The molecule has 3 aromatic rings. The number of fused-ring (bicyclic) bond motifs is 1. The fraction of sp³-hybridized carbons (Fsp3) is 0.0741. The van der Waals surface area contributed by atoms with Gasteiger partial charge >= 0.3 is 0 Å². The van der Waals surface area contributed by atoms with E-state index in [0.717, 1.165) is 28.1 Å². The minimum Gasteiger partial charge on any atom is -0.489 e. The summed E-state index contributed by atoms with van der Waals surface area (Å²) in [6.07, 6.45) is 1.71. The first kappa shape index (κ1) is 21.0. The maximum Gasteiger partial charge on any atom is 0.283 e. The Bertz CT molecular complexity index is 1320. The lowest BCUT2D eigenvalue weighted by Gasteiger charge is -2.26. The van der Waals surface area contributed by atoms with Crippen LogP contribution in [0.5, 0.6) is 5.75 Å². The zero-order chi connectivity index (χ0) is 22.8. The summed E-state index contributed by atoms with van der Waals surface area (Å²) in [4.78, 5) is 18.6. The molecule has 5 nitrogen and oxygen atoms in total. The molecule has 0 bridgehead atoms. The molecular formula is C27H21N3O2S. The van der Waals surface area contributed by atoms with Gasteiger partial charge in [0, 0.05) is 5.41 Å². The lowest BCUT2D eigenvalue weighted by atomic mass is 10.1. The Morgan fingerprint density at radius 3 is 2.58 bits per heavy atom. The third kappa shape index (κ3) is 4.38. The molecule has 2 aliphatic heterocycles. The monoisotopic (exact) mass is 451 g/mol. The van der Waals surface area contributed by atoms with Crippen LogP contribution in [-0.4, -0.2) is 21.8 Å². The van der Waals surface area contributed by atoms with E-state index in [0.29, 0.717) is 11.8 Å². The second kappa shape index (κ2) is 8.92. The third-order valence-corrected chi connectivity index (χ3v) is 6.19. The summed E-state index contributed by atoms with van der Waals surface area (Å²) >= 11 is 1.36. The maximum atomic E-state index is 12.7. The van der Waals surface area contributed by atoms with E-state index in [1.54, 1.807) is 11.0 Å². The van der Waals surface area contributed by atoms with Gasteiger partial charge in [0.2, 0.25) is 0 Å². The van der Waals surface area contributed by atoms with Gasteiger partial charge < -0.3 is 4.74 Å². The van der Waals surface area contributed by atoms with Crippen molar-refractivity contribution < 1.29 is 9.53 Å². The smallest absolute Gasteiger partial charge is 0.283 e. The van der Waals surface area contributed by atoms with Gasteiger partial charge in [-0.1, -0.05) is 84.1 Å². The predicted molar refractivity (Wildman–Crippen MR) is 134 cm³/mol.